The first kappa shape index (κ1) is 21.2. The fourth-order valence-electron chi connectivity index (χ4n) is 3.95. The summed E-state index contributed by atoms with van der Waals surface area (Å²) < 4.78 is 6.23. The summed E-state index contributed by atoms with van der Waals surface area (Å²) >= 11 is 1.48. The molecule has 0 saturated carbocycles. The van der Waals surface area contributed by atoms with Crippen LogP contribution >= 0.6 is 11.3 Å². The lowest BCUT2D eigenvalue weighted by molar-refractivity contribution is 0.0697. The van der Waals surface area contributed by atoms with Crippen LogP contribution in [-0.4, -0.2) is 40.5 Å². The van der Waals surface area contributed by atoms with Gasteiger partial charge in [-0.05, 0) is 48.5 Å². The Labute approximate surface area is 196 Å². The zero-order valence-corrected chi connectivity index (χ0v) is 18.7. The zero-order chi connectivity index (χ0) is 22.6. The topological polar surface area (TPSA) is 75.5 Å². The van der Waals surface area contributed by atoms with Crippen LogP contribution in [0.2, 0.25) is 0 Å². The van der Waals surface area contributed by atoms with Crippen molar-refractivity contribution in [2.45, 2.75) is 18.9 Å². The summed E-state index contributed by atoms with van der Waals surface area (Å²) in [5, 5.41) is 19.2. The van der Waals surface area contributed by atoms with Crippen molar-refractivity contribution >= 4 is 23.0 Å². The number of nitrogens with zero attached hydrogens (tertiary/aromatic N) is 3. The number of hydrogen-bond donors (Lipinski definition) is 1. The smallest absolute Gasteiger partial charge is 0.335 e. The predicted octanol–water partition coefficient (Wildman–Crippen LogP) is 5.62. The monoisotopic (exact) mass is 457 g/mol. The first-order valence-corrected chi connectivity index (χ1v) is 11.7. The van der Waals surface area contributed by atoms with Crippen LogP contribution in [0.25, 0.3) is 21.1 Å². The van der Waals surface area contributed by atoms with Crippen LogP contribution in [0, 0.1) is 0 Å². The van der Waals surface area contributed by atoms with Crippen molar-refractivity contribution in [2.24, 2.45) is 0 Å². The Bertz CT molecular complexity index is 1220. The standard InChI is InChI=1S/C26H23N3O3S/c30-26(31)20-8-6-18(7-9-20)24-27-28-25(33-24)19-10-12-22(13-11-19)32-23-14-16-29(17-15-23)21-4-2-1-3-5-21/h1-13,23H,14-17H2,(H,30,31). The van der Waals surface area contributed by atoms with Gasteiger partial charge >= 0.3 is 5.97 Å². The molecule has 4 aromatic rings. The van der Waals surface area contributed by atoms with Gasteiger partial charge in [-0.3, -0.25) is 0 Å². The number of rotatable bonds is 6. The highest BCUT2D eigenvalue weighted by atomic mass is 32.1. The third-order valence-electron chi connectivity index (χ3n) is 5.77. The van der Waals surface area contributed by atoms with Gasteiger partial charge in [-0.2, -0.15) is 0 Å². The molecule has 0 radical (unpaired) electrons. The SMILES string of the molecule is O=C(O)c1ccc(-c2nnc(-c3ccc(OC4CCN(c5ccccc5)CC4)cc3)s2)cc1. The van der Waals surface area contributed by atoms with Gasteiger partial charge < -0.3 is 14.7 Å². The molecule has 0 bridgehead atoms. The van der Waals surface area contributed by atoms with Gasteiger partial charge in [-0.1, -0.05) is 41.7 Å². The largest absolute Gasteiger partial charge is 0.490 e. The Morgan fingerprint density at radius 3 is 2.00 bits per heavy atom. The average Bonchev–Trinajstić information content (AvgIpc) is 3.36. The Balaban J connectivity index is 1.19. The van der Waals surface area contributed by atoms with E-state index in [2.05, 4.69) is 39.4 Å². The van der Waals surface area contributed by atoms with Crippen LogP contribution in [-0.2, 0) is 0 Å². The molecule has 33 heavy (non-hydrogen) atoms. The van der Waals surface area contributed by atoms with Gasteiger partial charge in [0.25, 0.3) is 0 Å². The Morgan fingerprint density at radius 1 is 0.848 bits per heavy atom. The van der Waals surface area contributed by atoms with Crippen molar-refractivity contribution in [3.8, 4) is 26.9 Å². The summed E-state index contributed by atoms with van der Waals surface area (Å²) in [4.78, 5) is 13.4. The van der Waals surface area contributed by atoms with E-state index in [0.717, 1.165) is 52.8 Å². The molecule has 1 aromatic heterocycles. The van der Waals surface area contributed by atoms with Crippen molar-refractivity contribution < 1.29 is 14.6 Å². The van der Waals surface area contributed by atoms with E-state index in [9.17, 15) is 4.79 Å². The second-order valence-corrected chi connectivity index (χ2v) is 8.94. The van der Waals surface area contributed by atoms with Crippen LogP contribution in [0.1, 0.15) is 23.2 Å². The molecule has 0 spiro atoms. The number of anilines is 1. The quantitative estimate of drug-likeness (QED) is 0.405. The molecule has 0 aliphatic carbocycles. The molecule has 1 aliphatic heterocycles. The van der Waals surface area contributed by atoms with Crippen molar-refractivity contribution in [2.75, 3.05) is 18.0 Å². The number of piperidine rings is 1. The number of carboxylic acid groups (broad SMARTS) is 1. The van der Waals surface area contributed by atoms with Crippen molar-refractivity contribution in [1.29, 1.82) is 0 Å². The van der Waals surface area contributed by atoms with E-state index in [1.54, 1.807) is 24.3 Å². The lowest BCUT2D eigenvalue weighted by Gasteiger charge is -2.33. The molecule has 0 atom stereocenters. The van der Waals surface area contributed by atoms with E-state index in [4.69, 9.17) is 9.84 Å². The second-order valence-electron chi connectivity index (χ2n) is 7.96. The number of para-hydroxylation sites is 1. The van der Waals surface area contributed by atoms with Crippen LogP contribution in [0.5, 0.6) is 5.75 Å². The molecule has 7 heteroatoms. The van der Waals surface area contributed by atoms with E-state index in [1.165, 1.54) is 17.0 Å². The minimum Gasteiger partial charge on any atom is -0.490 e. The number of carboxylic acids is 1. The van der Waals surface area contributed by atoms with Gasteiger partial charge in [0.1, 0.15) is 21.9 Å². The van der Waals surface area contributed by atoms with Crippen LogP contribution in [0.15, 0.2) is 78.9 Å². The summed E-state index contributed by atoms with van der Waals surface area (Å²) in [6, 6.07) is 25.2. The maximum absolute atomic E-state index is 11.0. The van der Waals surface area contributed by atoms with E-state index in [-0.39, 0.29) is 11.7 Å². The van der Waals surface area contributed by atoms with E-state index in [1.807, 2.05) is 30.3 Å². The predicted molar refractivity (Wildman–Crippen MR) is 130 cm³/mol. The van der Waals surface area contributed by atoms with Crippen molar-refractivity contribution in [1.82, 2.24) is 10.2 Å². The molecule has 1 N–H and O–H groups in total. The van der Waals surface area contributed by atoms with E-state index < -0.39 is 5.97 Å². The van der Waals surface area contributed by atoms with Crippen LogP contribution < -0.4 is 9.64 Å². The molecule has 2 heterocycles. The Morgan fingerprint density at radius 2 is 1.42 bits per heavy atom. The molecule has 1 saturated heterocycles. The molecule has 0 amide bonds. The lowest BCUT2D eigenvalue weighted by Crippen LogP contribution is -2.38. The fraction of sp³-hybridized carbons (Fsp3) is 0.192. The highest BCUT2D eigenvalue weighted by Gasteiger charge is 2.21. The normalized spacial score (nSPS) is 14.2. The van der Waals surface area contributed by atoms with Gasteiger partial charge in [0, 0.05) is 42.7 Å². The molecule has 1 fully saturated rings. The maximum Gasteiger partial charge on any atom is 0.335 e. The summed E-state index contributed by atoms with van der Waals surface area (Å²) in [5.74, 6) is -0.0746. The van der Waals surface area contributed by atoms with Crippen molar-refractivity contribution in [3.63, 3.8) is 0 Å². The van der Waals surface area contributed by atoms with Gasteiger partial charge in [-0.15, -0.1) is 10.2 Å². The summed E-state index contributed by atoms with van der Waals surface area (Å²) in [5.41, 5.74) is 3.36. The Hall–Kier alpha value is -3.71. The molecule has 5 rings (SSSR count). The van der Waals surface area contributed by atoms with Gasteiger partial charge in [-0.25, -0.2) is 4.79 Å². The van der Waals surface area contributed by atoms with E-state index in [0.29, 0.717) is 0 Å². The lowest BCUT2D eigenvalue weighted by atomic mass is 10.1. The molecular formula is C26H23N3O3S. The number of aromatic nitrogens is 2. The van der Waals surface area contributed by atoms with Gasteiger partial charge in [0.2, 0.25) is 0 Å². The number of aromatic carboxylic acids is 1. The molecule has 1 aliphatic rings. The van der Waals surface area contributed by atoms with E-state index >= 15 is 0 Å². The summed E-state index contributed by atoms with van der Waals surface area (Å²) in [6.45, 7) is 1.99. The highest BCUT2D eigenvalue weighted by molar-refractivity contribution is 7.17. The molecule has 0 unspecified atom stereocenters. The average molecular weight is 458 g/mol. The maximum atomic E-state index is 11.0. The van der Waals surface area contributed by atoms with Gasteiger partial charge in [0.05, 0.1) is 5.56 Å². The second kappa shape index (κ2) is 9.42. The fourth-order valence-corrected chi connectivity index (χ4v) is 4.81. The number of ether oxygens (including phenoxy) is 1. The summed E-state index contributed by atoms with van der Waals surface area (Å²) in [7, 11) is 0. The molecule has 6 nitrogen and oxygen atoms in total. The zero-order valence-electron chi connectivity index (χ0n) is 17.9. The minimum atomic E-state index is -0.941. The van der Waals surface area contributed by atoms with Crippen molar-refractivity contribution in [3.05, 3.63) is 84.4 Å². The first-order valence-electron chi connectivity index (χ1n) is 10.9. The highest BCUT2D eigenvalue weighted by Crippen LogP contribution is 2.31. The number of carbonyl (C=O) groups is 1. The molecular weight excluding hydrogens is 434 g/mol. The molecule has 3 aromatic carbocycles. The number of hydrogen-bond acceptors (Lipinski definition) is 6. The Kier molecular flexibility index (Phi) is 6.04. The summed E-state index contributed by atoms with van der Waals surface area (Å²) in [6.07, 6.45) is 2.21. The third-order valence-corrected chi connectivity index (χ3v) is 6.79. The number of benzene rings is 3. The minimum absolute atomic E-state index is 0.220. The molecule has 166 valence electrons. The van der Waals surface area contributed by atoms with Gasteiger partial charge in [0.15, 0.2) is 0 Å². The third kappa shape index (κ3) is 4.88. The van der Waals surface area contributed by atoms with Crippen LogP contribution in [0.4, 0.5) is 5.69 Å². The van der Waals surface area contributed by atoms with Crippen LogP contribution in [0.3, 0.4) is 0 Å². The first-order chi connectivity index (χ1) is 16.2.